The van der Waals surface area contributed by atoms with E-state index >= 15 is 0 Å². The predicted molar refractivity (Wildman–Crippen MR) is 73.4 cm³/mol. The molecule has 0 unspecified atom stereocenters. The predicted octanol–water partition coefficient (Wildman–Crippen LogP) is 2.22. The van der Waals surface area contributed by atoms with Crippen LogP contribution in [0.15, 0.2) is 18.2 Å². The Morgan fingerprint density at radius 3 is 2.58 bits per heavy atom. The van der Waals surface area contributed by atoms with Crippen molar-refractivity contribution in [1.82, 2.24) is 4.90 Å². The van der Waals surface area contributed by atoms with Gasteiger partial charge in [0, 0.05) is 18.8 Å². The number of piperidine rings is 1. The lowest BCUT2D eigenvalue weighted by Crippen LogP contribution is -2.37. The number of hydrogen-bond donors (Lipinski definition) is 1. The Morgan fingerprint density at radius 2 is 2.00 bits per heavy atom. The summed E-state index contributed by atoms with van der Waals surface area (Å²) in [6, 6.07) is 5.71. The average Bonchev–Trinajstić information content (AvgIpc) is 2.46. The topological polar surface area (TPSA) is 64.8 Å². The standard InChI is InChI=1S/C14H20N2O3/c1-18-13-4-3-11(15)9-12(13)10-5-7-16(8-6-10)14(17)19-2/h3-4,9-10H,5-8,15H2,1-2H3. The number of nitrogen functional groups attached to an aromatic ring is 1. The third kappa shape index (κ3) is 2.92. The van der Waals surface area contributed by atoms with Gasteiger partial charge >= 0.3 is 6.09 Å². The van der Waals surface area contributed by atoms with Crippen molar-refractivity contribution in [3.05, 3.63) is 23.8 Å². The van der Waals surface area contributed by atoms with Crippen LogP contribution < -0.4 is 10.5 Å². The minimum atomic E-state index is -0.252. The first-order chi connectivity index (χ1) is 9.15. The maximum absolute atomic E-state index is 11.4. The molecule has 19 heavy (non-hydrogen) atoms. The third-order valence-electron chi connectivity index (χ3n) is 3.62. The second-order valence-corrected chi connectivity index (χ2v) is 4.73. The van der Waals surface area contributed by atoms with E-state index in [1.54, 1.807) is 12.0 Å². The average molecular weight is 264 g/mol. The van der Waals surface area contributed by atoms with Crippen LogP contribution in [0, 0.1) is 0 Å². The van der Waals surface area contributed by atoms with Crippen LogP contribution >= 0.6 is 0 Å². The minimum absolute atomic E-state index is 0.252. The van der Waals surface area contributed by atoms with Crippen LogP contribution in [0.25, 0.3) is 0 Å². The third-order valence-corrected chi connectivity index (χ3v) is 3.62. The highest BCUT2D eigenvalue weighted by atomic mass is 16.5. The molecule has 0 radical (unpaired) electrons. The maximum atomic E-state index is 11.4. The van der Waals surface area contributed by atoms with Crippen molar-refractivity contribution in [2.24, 2.45) is 0 Å². The molecule has 2 N–H and O–H groups in total. The fourth-order valence-electron chi connectivity index (χ4n) is 2.57. The Hall–Kier alpha value is -1.91. The second-order valence-electron chi connectivity index (χ2n) is 4.73. The zero-order chi connectivity index (χ0) is 13.8. The van der Waals surface area contributed by atoms with Gasteiger partial charge in [0.2, 0.25) is 0 Å². The Labute approximate surface area is 113 Å². The van der Waals surface area contributed by atoms with E-state index in [4.69, 9.17) is 15.2 Å². The highest BCUT2D eigenvalue weighted by molar-refractivity contribution is 5.67. The second kappa shape index (κ2) is 5.82. The molecule has 1 aromatic carbocycles. The monoisotopic (exact) mass is 264 g/mol. The molecule has 104 valence electrons. The molecule has 0 aliphatic carbocycles. The molecule has 5 nitrogen and oxygen atoms in total. The normalized spacial score (nSPS) is 16.2. The molecule has 2 rings (SSSR count). The minimum Gasteiger partial charge on any atom is -0.496 e. The first-order valence-corrected chi connectivity index (χ1v) is 6.42. The van der Waals surface area contributed by atoms with Gasteiger partial charge in [-0.25, -0.2) is 4.79 Å². The molecular weight excluding hydrogens is 244 g/mol. The van der Waals surface area contributed by atoms with E-state index in [1.165, 1.54) is 7.11 Å². The van der Waals surface area contributed by atoms with E-state index in [9.17, 15) is 4.79 Å². The molecule has 1 aromatic rings. The maximum Gasteiger partial charge on any atom is 0.409 e. The van der Waals surface area contributed by atoms with Gasteiger partial charge in [0.15, 0.2) is 0 Å². The summed E-state index contributed by atoms with van der Waals surface area (Å²) in [5, 5.41) is 0. The Kier molecular flexibility index (Phi) is 4.14. The van der Waals surface area contributed by atoms with Gasteiger partial charge in [-0.3, -0.25) is 0 Å². The zero-order valence-corrected chi connectivity index (χ0v) is 11.4. The van der Waals surface area contributed by atoms with Crippen LogP contribution in [0.1, 0.15) is 24.3 Å². The summed E-state index contributed by atoms with van der Waals surface area (Å²) in [6.45, 7) is 1.41. The first kappa shape index (κ1) is 13.5. The van der Waals surface area contributed by atoms with Gasteiger partial charge in [0.1, 0.15) is 5.75 Å². The molecule has 0 spiro atoms. The SMILES string of the molecule is COC(=O)N1CCC(c2cc(N)ccc2OC)CC1. The lowest BCUT2D eigenvalue weighted by atomic mass is 9.88. The number of rotatable bonds is 2. The van der Waals surface area contributed by atoms with Gasteiger partial charge in [0.25, 0.3) is 0 Å². The summed E-state index contributed by atoms with van der Waals surface area (Å²) in [6.07, 6.45) is 1.54. The Balaban J connectivity index is 2.09. The summed E-state index contributed by atoms with van der Waals surface area (Å²) < 4.78 is 10.1. The molecule has 1 amide bonds. The van der Waals surface area contributed by atoms with Crippen molar-refractivity contribution in [2.45, 2.75) is 18.8 Å². The number of hydrogen-bond acceptors (Lipinski definition) is 4. The lowest BCUT2D eigenvalue weighted by Gasteiger charge is -2.31. The number of methoxy groups -OCH3 is 2. The molecule has 0 saturated carbocycles. The van der Waals surface area contributed by atoms with Crippen LogP contribution in [0.5, 0.6) is 5.75 Å². The number of nitrogens with zero attached hydrogens (tertiary/aromatic N) is 1. The number of likely N-dealkylation sites (tertiary alicyclic amines) is 1. The summed E-state index contributed by atoms with van der Waals surface area (Å²) in [5.74, 6) is 1.24. The summed E-state index contributed by atoms with van der Waals surface area (Å²) in [7, 11) is 3.08. The first-order valence-electron chi connectivity index (χ1n) is 6.42. The van der Waals surface area contributed by atoms with E-state index in [2.05, 4.69) is 0 Å². The Bertz CT molecular complexity index is 454. The molecule has 0 aromatic heterocycles. The van der Waals surface area contributed by atoms with Crippen molar-refractivity contribution in [1.29, 1.82) is 0 Å². The molecule has 1 aliphatic heterocycles. The van der Waals surface area contributed by atoms with Gasteiger partial charge in [-0.05, 0) is 42.5 Å². The molecule has 1 heterocycles. The van der Waals surface area contributed by atoms with Gasteiger partial charge in [0.05, 0.1) is 14.2 Å². The molecule has 5 heteroatoms. The quantitative estimate of drug-likeness (QED) is 0.832. The molecular formula is C14H20N2O3. The van der Waals surface area contributed by atoms with Crippen LogP contribution in [-0.4, -0.2) is 38.3 Å². The highest BCUT2D eigenvalue weighted by Gasteiger charge is 2.26. The molecule has 0 bridgehead atoms. The van der Waals surface area contributed by atoms with Crippen molar-refractivity contribution < 1.29 is 14.3 Å². The van der Waals surface area contributed by atoms with E-state index in [0.29, 0.717) is 19.0 Å². The fraction of sp³-hybridized carbons (Fsp3) is 0.500. The van der Waals surface area contributed by atoms with Crippen molar-refractivity contribution in [3.8, 4) is 5.75 Å². The number of nitrogens with two attached hydrogens (primary N) is 1. The number of ether oxygens (including phenoxy) is 2. The number of amides is 1. The summed E-state index contributed by atoms with van der Waals surface area (Å²) >= 11 is 0. The van der Waals surface area contributed by atoms with Gasteiger partial charge in [-0.15, -0.1) is 0 Å². The molecule has 1 fully saturated rings. The molecule has 1 saturated heterocycles. The van der Waals surface area contributed by atoms with E-state index in [0.717, 1.165) is 29.8 Å². The summed E-state index contributed by atoms with van der Waals surface area (Å²) in [4.78, 5) is 13.2. The van der Waals surface area contributed by atoms with Crippen molar-refractivity contribution in [2.75, 3.05) is 33.0 Å². The molecule has 0 atom stereocenters. The van der Waals surface area contributed by atoms with E-state index in [1.807, 2.05) is 18.2 Å². The zero-order valence-electron chi connectivity index (χ0n) is 11.4. The van der Waals surface area contributed by atoms with E-state index in [-0.39, 0.29) is 6.09 Å². The summed E-state index contributed by atoms with van der Waals surface area (Å²) in [5.41, 5.74) is 7.72. The van der Waals surface area contributed by atoms with Gasteiger partial charge < -0.3 is 20.1 Å². The number of anilines is 1. The number of carbonyl (C=O) groups excluding carboxylic acids is 1. The van der Waals surface area contributed by atoms with Crippen LogP contribution in [-0.2, 0) is 4.74 Å². The fourth-order valence-corrected chi connectivity index (χ4v) is 2.57. The highest BCUT2D eigenvalue weighted by Crippen LogP contribution is 2.35. The molecule has 1 aliphatic rings. The van der Waals surface area contributed by atoms with Crippen molar-refractivity contribution in [3.63, 3.8) is 0 Å². The van der Waals surface area contributed by atoms with Gasteiger partial charge in [-0.1, -0.05) is 0 Å². The van der Waals surface area contributed by atoms with E-state index < -0.39 is 0 Å². The van der Waals surface area contributed by atoms with Gasteiger partial charge in [-0.2, -0.15) is 0 Å². The van der Waals surface area contributed by atoms with Crippen LogP contribution in [0.3, 0.4) is 0 Å². The van der Waals surface area contributed by atoms with Crippen molar-refractivity contribution >= 4 is 11.8 Å². The largest absolute Gasteiger partial charge is 0.496 e. The Morgan fingerprint density at radius 1 is 1.32 bits per heavy atom. The number of carbonyl (C=O) groups is 1. The van der Waals surface area contributed by atoms with Crippen LogP contribution in [0.2, 0.25) is 0 Å². The van der Waals surface area contributed by atoms with Crippen LogP contribution in [0.4, 0.5) is 10.5 Å². The smallest absolute Gasteiger partial charge is 0.409 e. The number of benzene rings is 1. The lowest BCUT2D eigenvalue weighted by molar-refractivity contribution is 0.112.